The molecule has 0 bridgehead atoms. The van der Waals surface area contributed by atoms with Crippen molar-refractivity contribution >= 4 is 18.0 Å². The van der Waals surface area contributed by atoms with E-state index in [1.807, 2.05) is 36.4 Å². The van der Waals surface area contributed by atoms with Crippen LogP contribution in [0.1, 0.15) is 12.5 Å². The lowest BCUT2D eigenvalue weighted by Gasteiger charge is -1.97. The van der Waals surface area contributed by atoms with Crippen LogP contribution in [-0.2, 0) is 19.1 Å². The summed E-state index contributed by atoms with van der Waals surface area (Å²) in [6.07, 6.45) is 5.68. The van der Waals surface area contributed by atoms with Crippen molar-refractivity contribution in [2.24, 2.45) is 0 Å². The molecule has 0 aliphatic rings. The number of esters is 2. The number of hydrogen-bond donors (Lipinski definition) is 0. The second kappa shape index (κ2) is 8.69. The number of carbonyl (C=O) groups excluding carboxylic acids is 2. The molecule has 0 fully saturated rings. The van der Waals surface area contributed by atoms with Gasteiger partial charge < -0.3 is 9.47 Å². The van der Waals surface area contributed by atoms with Gasteiger partial charge in [-0.05, 0) is 18.6 Å². The topological polar surface area (TPSA) is 52.6 Å². The second-order valence-electron chi connectivity index (χ2n) is 3.53. The molecule has 0 N–H and O–H groups in total. The van der Waals surface area contributed by atoms with Crippen LogP contribution in [0.4, 0.5) is 0 Å². The minimum Gasteiger partial charge on any atom is -0.463 e. The number of ether oxygens (including phenoxy) is 2. The van der Waals surface area contributed by atoms with Crippen LogP contribution in [-0.4, -0.2) is 25.2 Å². The Morgan fingerprint density at radius 2 is 1.68 bits per heavy atom. The number of benzene rings is 1. The number of carbonyl (C=O) groups is 2. The van der Waals surface area contributed by atoms with Crippen LogP contribution < -0.4 is 0 Å². The van der Waals surface area contributed by atoms with E-state index in [0.29, 0.717) is 0 Å². The first-order chi connectivity index (χ1) is 9.22. The smallest absolute Gasteiger partial charge is 0.331 e. The molecule has 1 rings (SSSR count). The molecule has 0 aliphatic carbocycles. The van der Waals surface area contributed by atoms with Crippen molar-refractivity contribution in [3.05, 3.63) is 54.1 Å². The van der Waals surface area contributed by atoms with E-state index in [9.17, 15) is 9.59 Å². The average Bonchev–Trinajstić information content (AvgIpc) is 2.43. The van der Waals surface area contributed by atoms with Crippen molar-refractivity contribution in [1.29, 1.82) is 0 Å². The molecule has 4 nitrogen and oxygen atoms in total. The zero-order valence-electron chi connectivity index (χ0n) is 10.7. The molecular formula is C15H16O4. The zero-order chi connectivity index (χ0) is 13.9. The van der Waals surface area contributed by atoms with Crippen molar-refractivity contribution < 1.29 is 19.1 Å². The molecule has 0 saturated heterocycles. The van der Waals surface area contributed by atoms with Crippen molar-refractivity contribution in [1.82, 2.24) is 0 Å². The lowest BCUT2D eigenvalue weighted by Crippen LogP contribution is -2.04. The van der Waals surface area contributed by atoms with E-state index in [-0.39, 0.29) is 13.2 Å². The fourth-order valence-electron chi connectivity index (χ4n) is 1.25. The summed E-state index contributed by atoms with van der Waals surface area (Å²) in [4.78, 5) is 22.1. The third kappa shape index (κ3) is 6.83. The summed E-state index contributed by atoms with van der Waals surface area (Å²) in [5, 5.41) is 0. The predicted molar refractivity (Wildman–Crippen MR) is 72.2 cm³/mol. The van der Waals surface area contributed by atoms with Gasteiger partial charge in [-0.1, -0.05) is 36.4 Å². The van der Waals surface area contributed by atoms with E-state index in [1.54, 1.807) is 13.0 Å². The van der Waals surface area contributed by atoms with Gasteiger partial charge in [0.1, 0.15) is 6.61 Å². The molecule has 19 heavy (non-hydrogen) atoms. The largest absolute Gasteiger partial charge is 0.463 e. The Labute approximate surface area is 112 Å². The Balaban J connectivity index is 2.27. The van der Waals surface area contributed by atoms with E-state index >= 15 is 0 Å². The van der Waals surface area contributed by atoms with E-state index in [1.165, 1.54) is 0 Å². The lowest BCUT2D eigenvalue weighted by molar-refractivity contribution is -0.139. The van der Waals surface area contributed by atoms with E-state index in [4.69, 9.17) is 4.74 Å². The maximum absolute atomic E-state index is 11.2. The van der Waals surface area contributed by atoms with E-state index < -0.39 is 11.9 Å². The third-order valence-corrected chi connectivity index (χ3v) is 2.07. The SMILES string of the molecule is CCOC(=O)/C=C/C(=O)OCC=Cc1ccccc1. The van der Waals surface area contributed by atoms with Crippen LogP contribution in [0.2, 0.25) is 0 Å². The van der Waals surface area contributed by atoms with Crippen molar-refractivity contribution in [3.63, 3.8) is 0 Å². The van der Waals surface area contributed by atoms with Gasteiger partial charge in [0, 0.05) is 12.2 Å². The van der Waals surface area contributed by atoms with Gasteiger partial charge >= 0.3 is 11.9 Å². The van der Waals surface area contributed by atoms with Gasteiger partial charge in [0.05, 0.1) is 6.61 Å². The Kier molecular flexibility index (Phi) is 6.72. The predicted octanol–water partition coefficient (Wildman–Crippen LogP) is 2.36. The summed E-state index contributed by atoms with van der Waals surface area (Å²) < 4.78 is 9.50. The van der Waals surface area contributed by atoms with Crippen molar-refractivity contribution in [2.45, 2.75) is 6.92 Å². The minimum absolute atomic E-state index is 0.154. The summed E-state index contributed by atoms with van der Waals surface area (Å²) in [7, 11) is 0. The monoisotopic (exact) mass is 260 g/mol. The molecule has 0 aliphatic heterocycles. The first-order valence-corrected chi connectivity index (χ1v) is 5.95. The maximum atomic E-state index is 11.2. The zero-order valence-corrected chi connectivity index (χ0v) is 10.7. The molecule has 0 amide bonds. The highest BCUT2D eigenvalue weighted by Gasteiger charge is 1.98. The van der Waals surface area contributed by atoms with Gasteiger partial charge in [-0.15, -0.1) is 0 Å². The Bertz CT molecular complexity index is 460. The quantitative estimate of drug-likeness (QED) is 0.582. The summed E-state index contributed by atoms with van der Waals surface area (Å²) in [6, 6.07) is 9.66. The Morgan fingerprint density at radius 1 is 1.05 bits per heavy atom. The van der Waals surface area contributed by atoms with Crippen molar-refractivity contribution in [2.75, 3.05) is 13.2 Å². The fraction of sp³-hybridized carbons (Fsp3) is 0.200. The first-order valence-electron chi connectivity index (χ1n) is 5.95. The molecule has 4 heteroatoms. The molecule has 0 spiro atoms. The van der Waals surface area contributed by atoms with Gasteiger partial charge in [-0.25, -0.2) is 9.59 Å². The van der Waals surface area contributed by atoms with E-state index in [2.05, 4.69) is 4.74 Å². The Morgan fingerprint density at radius 3 is 2.32 bits per heavy atom. The number of rotatable bonds is 6. The van der Waals surface area contributed by atoms with Crippen LogP contribution in [0.5, 0.6) is 0 Å². The molecule has 0 heterocycles. The van der Waals surface area contributed by atoms with Gasteiger partial charge in [0.15, 0.2) is 0 Å². The third-order valence-electron chi connectivity index (χ3n) is 2.07. The highest BCUT2D eigenvalue weighted by Crippen LogP contribution is 2.00. The molecule has 1 aromatic carbocycles. The highest BCUT2D eigenvalue weighted by atomic mass is 16.5. The number of hydrogen-bond acceptors (Lipinski definition) is 4. The summed E-state index contributed by atoms with van der Waals surface area (Å²) in [6.45, 7) is 2.12. The maximum Gasteiger partial charge on any atom is 0.331 e. The second-order valence-corrected chi connectivity index (χ2v) is 3.53. The molecule has 0 radical (unpaired) electrons. The molecule has 1 aromatic rings. The van der Waals surface area contributed by atoms with Crippen LogP contribution in [0.15, 0.2) is 48.6 Å². The molecule has 0 unspecified atom stereocenters. The molecular weight excluding hydrogens is 244 g/mol. The minimum atomic E-state index is -0.578. The molecule has 0 atom stereocenters. The normalized spacial score (nSPS) is 10.8. The fourth-order valence-corrected chi connectivity index (χ4v) is 1.25. The van der Waals surface area contributed by atoms with E-state index in [0.717, 1.165) is 17.7 Å². The molecule has 0 aromatic heterocycles. The Hall–Kier alpha value is -2.36. The molecule has 100 valence electrons. The first kappa shape index (κ1) is 14.7. The standard InChI is InChI=1S/C15H16O4/c1-2-18-14(16)10-11-15(17)19-12-6-9-13-7-4-3-5-8-13/h3-11H,2,12H2,1H3/b9-6?,11-10+. The lowest BCUT2D eigenvalue weighted by atomic mass is 10.2. The average molecular weight is 260 g/mol. The van der Waals surface area contributed by atoms with Crippen LogP contribution in [0.3, 0.4) is 0 Å². The van der Waals surface area contributed by atoms with Gasteiger partial charge in [0.2, 0.25) is 0 Å². The van der Waals surface area contributed by atoms with Crippen LogP contribution in [0.25, 0.3) is 6.08 Å². The van der Waals surface area contributed by atoms with Crippen molar-refractivity contribution in [3.8, 4) is 0 Å². The summed E-state index contributed by atoms with van der Waals surface area (Å²) in [5.74, 6) is -1.13. The summed E-state index contributed by atoms with van der Waals surface area (Å²) >= 11 is 0. The van der Waals surface area contributed by atoms with Crippen LogP contribution in [0, 0.1) is 0 Å². The highest BCUT2D eigenvalue weighted by molar-refractivity contribution is 5.91. The molecule has 0 saturated carbocycles. The van der Waals surface area contributed by atoms with Gasteiger partial charge in [0.25, 0.3) is 0 Å². The van der Waals surface area contributed by atoms with Gasteiger partial charge in [-0.2, -0.15) is 0 Å². The van der Waals surface area contributed by atoms with Gasteiger partial charge in [-0.3, -0.25) is 0 Å². The summed E-state index contributed by atoms with van der Waals surface area (Å²) in [5.41, 5.74) is 1.03. The van der Waals surface area contributed by atoms with Crippen LogP contribution >= 0.6 is 0 Å².